The fourth-order valence-electron chi connectivity index (χ4n) is 7.41. The summed E-state index contributed by atoms with van der Waals surface area (Å²) in [6.07, 6.45) is 66.2. The van der Waals surface area contributed by atoms with Gasteiger partial charge in [-0.3, -0.25) is 14.4 Å². The lowest BCUT2D eigenvalue weighted by Crippen LogP contribution is -2.30. The van der Waals surface area contributed by atoms with Crippen LogP contribution in [-0.4, -0.2) is 37.2 Å². The van der Waals surface area contributed by atoms with Crippen LogP contribution in [0, 0.1) is 0 Å². The zero-order chi connectivity index (χ0) is 46.5. The Labute approximate surface area is 395 Å². The van der Waals surface area contributed by atoms with Gasteiger partial charge in [0.15, 0.2) is 6.10 Å². The van der Waals surface area contributed by atoms with Gasteiger partial charge in [-0.05, 0) is 83.5 Å². The van der Waals surface area contributed by atoms with Crippen LogP contribution >= 0.6 is 0 Å². The van der Waals surface area contributed by atoms with E-state index in [4.69, 9.17) is 14.2 Å². The van der Waals surface area contributed by atoms with E-state index in [9.17, 15) is 14.4 Å². The summed E-state index contributed by atoms with van der Waals surface area (Å²) in [4.78, 5) is 37.9. The third-order valence-electron chi connectivity index (χ3n) is 11.4. The van der Waals surface area contributed by atoms with Gasteiger partial charge in [0, 0.05) is 19.3 Å². The lowest BCUT2D eigenvalue weighted by Gasteiger charge is -2.18. The van der Waals surface area contributed by atoms with Crippen molar-refractivity contribution in [2.75, 3.05) is 13.2 Å². The molecule has 0 N–H and O–H groups in total. The second-order valence-corrected chi connectivity index (χ2v) is 17.8. The number of hydrogen-bond donors (Lipinski definition) is 0. The minimum Gasteiger partial charge on any atom is -0.462 e. The van der Waals surface area contributed by atoms with Crippen LogP contribution in [0.3, 0.4) is 0 Å². The van der Waals surface area contributed by atoms with Gasteiger partial charge in [0.25, 0.3) is 0 Å². The Bertz CT molecular complexity index is 1210. The fourth-order valence-corrected chi connectivity index (χ4v) is 7.41. The summed E-state index contributed by atoms with van der Waals surface area (Å²) in [6.45, 7) is 6.45. The van der Waals surface area contributed by atoms with Crippen LogP contribution in [-0.2, 0) is 28.6 Å². The lowest BCUT2D eigenvalue weighted by molar-refractivity contribution is -0.167. The SMILES string of the molecule is CC/C=C\C/C=C\C/C=C\C/C=C\C/C=C\CCCCCC(=O)OCC(COC(=O)CCC/C=C\CCCCCC)OC(=O)CCCCCCCCCCCCCCCCCCCC. The topological polar surface area (TPSA) is 78.9 Å². The van der Waals surface area contributed by atoms with Crippen LogP contribution in [0.1, 0.15) is 258 Å². The van der Waals surface area contributed by atoms with Crippen molar-refractivity contribution >= 4 is 17.9 Å². The van der Waals surface area contributed by atoms with E-state index in [2.05, 4.69) is 93.7 Å². The van der Waals surface area contributed by atoms with E-state index in [1.165, 1.54) is 122 Å². The summed E-state index contributed by atoms with van der Waals surface area (Å²) in [6, 6.07) is 0. The summed E-state index contributed by atoms with van der Waals surface area (Å²) in [5.74, 6) is -0.959. The molecule has 0 aromatic rings. The molecule has 0 saturated heterocycles. The Morgan fingerprint density at radius 3 is 1.05 bits per heavy atom. The Kier molecular flexibility index (Phi) is 49.9. The molecule has 6 heteroatoms. The average Bonchev–Trinajstić information content (AvgIpc) is 3.29. The summed E-state index contributed by atoms with van der Waals surface area (Å²) in [7, 11) is 0. The molecule has 0 amide bonds. The molecule has 0 rings (SSSR count). The molecule has 0 aliphatic carbocycles. The number of allylic oxidation sites excluding steroid dienone is 12. The van der Waals surface area contributed by atoms with Gasteiger partial charge in [-0.25, -0.2) is 0 Å². The minimum atomic E-state index is -0.797. The highest BCUT2D eigenvalue weighted by atomic mass is 16.6. The number of rotatable bonds is 48. The second kappa shape index (κ2) is 52.5. The van der Waals surface area contributed by atoms with E-state index < -0.39 is 6.10 Å². The highest BCUT2D eigenvalue weighted by Gasteiger charge is 2.19. The molecular weight excluding hydrogens is 793 g/mol. The normalized spacial score (nSPS) is 12.6. The standard InChI is InChI=1S/C58H100O6/c1-4-7-10-13-16-19-21-23-25-27-29-31-32-34-36-39-42-45-48-51-57(60)63-54-55(53-62-56(59)50-47-44-41-38-18-15-12-9-6-3)64-58(61)52-49-46-43-40-37-35-33-30-28-26-24-22-20-17-14-11-8-5-2/h7,10,16,19,23,25,29,31,34,36,38,41,55H,4-6,8-9,11-15,17-18,20-22,24,26-28,30,32-33,35,37,39-40,42-54H2,1-3H3/b10-7-,19-16-,25-23-,31-29-,36-34-,41-38-. The quantitative estimate of drug-likeness (QED) is 0.0262. The Hall–Kier alpha value is -3.15. The maximum atomic E-state index is 12.8. The molecule has 0 aliphatic rings. The lowest BCUT2D eigenvalue weighted by atomic mass is 10.0. The number of unbranched alkanes of at least 4 members (excludes halogenated alkanes) is 25. The molecule has 368 valence electrons. The van der Waals surface area contributed by atoms with Crippen molar-refractivity contribution in [3.63, 3.8) is 0 Å². The number of carbonyl (C=O) groups is 3. The van der Waals surface area contributed by atoms with Gasteiger partial charge in [0.05, 0.1) is 0 Å². The minimum absolute atomic E-state index is 0.0994. The Morgan fingerprint density at radius 2 is 0.625 bits per heavy atom. The highest BCUT2D eigenvalue weighted by molar-refractivity contribution is 5.71. The molecule has 0 saturated carbocycles. The van der Waals surface area contributed by atoms with Crippen molar-refractivity contribution in [2.24, 2.45) is 0 Å². The van der Waals surface area contributed by atoms with Crippen molar-refractivity contribution in [1.82, 2.24) is 0 Å². The summed E-state index contributed by atoms with van der Waals surface area (Å²) < 4.78 is 16.7. The first-order valence-corrected chi connectivity index (χ1v) is 26.9. The first-order valence-electron chi connectivity index (χ1n) is 26.9. The van der Waals surface area contributed by atoms with Gasteiger partial charge in [-0.15, -0.1) is 0 Å². The van der Waals surface area contributed by atoms with E-state index in [-0.39, 0.29) is 31.1 Å². The molecule has 6 nitrogen and oxygen atoms in total. The molecule has 0 aromatic carbocycles. The van der Waals surface area contributed by atoms with Gasteiger partial charge in [0.2, 0.25) is 0 Å². The van der Waals surface area contributed by atoms with Gasteiger partial charge >= 0.3 is 17.9 Å². The number of esters is 3. The molecule has 0 spiro atoms. The van der Waals surface area contributed by atoms with E-state index in [0.717, 1.165) is 89.9 Å². The van der Waals surface area contributed by atoms with E-state index in [1.54, 1.807) is 0 Å². The predicted octanol–water partition coefficient (Wildman–Crippen LogP) is 17.8. The first-order chi connectivity index (χ1) is 31.5. The van der Waals surface area contributed by atoms with Crippen molar-refractivity contribution in [3.8, 4) is 0 Å². The average molecular weight is 893 g/mol. The summed E-state index contributed by atoms with van der Waals surface area (Å²) in [5.41, 5.74) is 0. The summed E-state index contributed by atoms with van der Waals surface area (Å²) in [5, 5.41) is 0. The predicted molar refractivity (Wildman–Crippen MR) is 274 cm³/mol. The molecule has 1 unspecified atom stereocenters. The second-order valence-electron chi connectivity index (χ2n) is 17.8. The zero-order valence-electron chi connectivity index (χ0n) is 42.0. The Balaban J connectivity index is 4.36. The number of ether oxygens (including phenoxy) is 3. The largest absolute Gasteiger partial charge is 0.462 e. The van der Waals surface area contributed by atoms with Crippen LogP contribution in [0.25, 0.3) is 0 Å². The molecule has 0 aliphatic heterocycles. The van der Waals surface area contributed by atoms with E-state index in [1.807, 2.05) is 0 Å². The third kappa shape index (κ3) is 49.9. The molecule has 0 fully saturated rings. The van der Waals surface area contributed by atoms with Gasteiger partial charge in [-0.2, -0.15) is 0 Å². The molecule has 1 atom stereocenters. The van der Waals surface area contributed by atoms with Gasteiger partial charge < -0.3 is 14.2 Å². The number of carbonyl (C=O) groups excluding carboxylic acids is 3. The smallest absolute Gasteiger partial charge is 0.306 e. The maximum Gasteiger partial charge on any atom is 0.306 e. The fraction of sp³-hybridized carbons (Fsp3) is 0.741. The van der Waals surface area contributed by atoms with Crippen molar-refractivity contribution in [1.29, 1.82) is 0 Å². The van der Waals surface area contributed by atoms with Crippen molar-refractivity contribution < 1.29 is 28.6 Å². The monoisotopic (exact) mass is 893 g/mol. The molecular formula is C58H100O6. The molecule has 0 aromatic heterocycles. The molecule has 0 bridgehead atoms. The molecule has 64 heavy (non-hydrogen) atoms. The highest BCUT2D eigenvalue weighted by Crippen LogP contribution is 2.16. The van der Waals surface area contributed by atoms with Gasteiger partial charge in [-0.1, -0.05) is 229 Å². The van der Waals surface area contributed by atoms with Crippen molar-refractivity contribution in [2.45, 2.75) is 264 Å². The molecule has 0 heterocycles. The van der Waals surface area contributed by atoms with Crippen LogP contribution in [0.4, 0.5) is 0 Å². The van der Waals surface area contributed by atoms with E-state index in [0.29, 0.717) is 25.7 Å². The van der Waals surface area contributed by atoms with Crippen LogP contribution in [0.5, 0.6) is 0 Å². The van der Waals surface area contributed by atoms with Gasteiger partial charge in [0.1, 0.15) is 13.2 Å². The van der Waals surface area contributed by atoms with E-state index >= 15 is 0 Å². The van der Waals surface area contributed by atoms with Crippen LogP contribution in [0.2, 0.25) is 0 Å². The maximum absolute atomic E-state index is 12.8. The van der Waals surface area contributed by atoms with Crippen LogP contribution < -0.4 is 0 Å². The summed E-state index contributed by atoms with van der Waals surface area (Å²) >= 11 is 0. The first kappa shape index (κ1) is 60.9. The van der Waals surface area contributed by atoms with Crippen molar-refractivity contribution in [3.05, 3.63) is 72.9 Å². The zero-order valence-corrected chi connectivity index (χ0v) is 42.0. The van der Waals surface area contributed by atoms with Crippen LogP contribution in [0.15, 0.2) is 72.9 Å². The number of hydrogen-bond acceptors (Lipinski definition) is 6. The molecule has 0 radical (unpaired) electrons. The third-order valence-corrected chi connectivity index (χ3v) is 11.4. The Morgan fingerprint density at radius 1 is 0.328 bits per heavy atom.